The number of carbonyl (C=O) groups is 2. The maximum Gasteiger partial charge on any atom is 0.317 e. The van der Waals surface area contributed by atoms with Crippen LogP contribution in [0.1, 0.15) is 18.1 Å². The van der Waals surface area contributed by atoms with Crippen molar-refractivity contribution in [3.63, 3.8) is 0 Å². The van der Waals surface area contributed by atoms with Crippen molar-refractivity contribution in [3.05, 3.63) is 11.7 Å². The maximum absolute atomic E-state index is 12.0. The molecule has 0 bridgehead atoms. The average molecular weight is 281 g/mol. The number of urea groups is 1. The summed E-state index contributed by atoms with van der Waals surface area (Å²) in [6.45, 7) is 2.85. The highest BCUT2D eigenvalue weighted by atomic mass is 16.5. The number of aromatic nitrogens is 2. The number of likely N-dealkylation sites (tertiary alicyclic amines) is 1. The van der Waals surface area contributed by atoms with Gasteiger partial charge in [-0.3, -0.25) is 4.79 Å². The molecular formula is C12H19N5O3. The van der Waals surface area contributed by atoms with Crippen LogP contribution in [0.15, 0.2) is 4.52 Å². The molecule has 1 fully saturated rings. The van der Waals surface area contributed by atoms with Gasteiger partial charge >= 0.3 is 6.03 Å². The Kier molecular flexibility index (Phi) is 4.21. The van der Waals surface area contributed by atoms with Gasteiger partial charge in [0.05, 0.1) is 0 Å². The molecule has 8 heteroatoms. The van der Waals surface area contributed by atoms with E-state index in [-0.39, 0.29) is 11.9 Å². The van der Waals surface area contributed by atoms with Gasteiger partial charge in [0.15, 0.2) is 5.82 Å². The summed E-state index contributed by atoms with van der Waals surface area (Å²) in [5.74, 6) is 1.03. The zero-order valence-corrected chi connectivity index (χ0v) is 11.9. The number of hydrogen-bond acceptors (Lipinski definition) is 5. The fraction of sp³-hybridized carbons (Fsp3) is 0.667. The predicted octanol–water partition coefficient (Wildman–Crippen LogP) is -0.207. The molecule has 1 aliphatic rings. The number of likely N-dealkylation sites (N-methyl/N-ethyl adjacent to an activating group) is 2. The monoisotopic (exact) mass is 281 g/mol. The third-order valence-corrected chi connectivity index (χ3v) is 3.31. The highest BCUT2D eigenvalue weighted by molar-refractivity contribution is 5.88. The van der Waals surface area contributed by atoms with E-state index in [1.54, 1.807) is 25.9 Å². The number of nitrogens with zero attached hydrogens (tertiary/aromatic N) is 4. The van der Waals surface area contributed by atoms with Crippen LogP contribution in [0.25, 0.3) is 0 Å². The molecule has 1 saturated heterocycles. The van der Waals surface area contributed by atoms with Crippen LogP contribution in [-0.4, -0.2) is 65.1 Å². The number of amides is 3. The highest BCUT2D eigenvalue weighted by Crippen LogP contribution is 2.08. The van der Waals surface area contributed by atoms with Gasteiger partial charge in [0.1, 0.15) is 6.04 Å². The summed E-state index contributed by atoms with van der Waals surface area (Å²) in [5.41, 5.74) is 0. The molecule has 3 amide bonds. The Balaban J connectivity index is 1.79. The second-order valence-electron chi connectivity index (χ2n) is 4.95. The third kappa shape index (κ3) is 3.25. The van der Waals surface area contributed by atoms with E-state index in [0.717, 1.165) is 0 Å². The molecule has 0 saturated carbocycles. The van der Waals surface area contributed by atoms with Crippen molar-refractivity contribution in [2.75, 3.05) is 27.2 Å². The fourth-order valence-corrected chi connectivity index (χ4v) is 2.03. The smallest absolute Gasteiger partial charge is 0.317 e. The Hall–Kier alpha value is -2.12. The second-order valence-corrected chi connectivity index (χ2v) is 4.95. The summed E-state index contributed by atoms with van der Waals surface area (Å²) >= 11 is 0. The minimum Gasteiger partial charge on any atom is -0.344 e. The van der Waals surface area contributed by atoms with Crippen molar-refractivity contribution >= 4 is 11.9 Å². The van der Waals surface area contributed by atoms with Gasteiger partial charge in [-0.15, -0.1) is 0 Å². The first-order valence-corrected chi connectivity index (χ1v) is 6.53. The molecular weight excluding hydrogens is 262 g/mol. The van der Waals surface area contributed by atoms with E-state index in [2.05, 4.69) is 15.5 Å². The summed E-state index contributed by atoms with van der Waals surface area (Å²) in [4.78, 5) is 30.9. The van der Waals surface area contributed by atoms with Crippen LogP contribution in [0, 0.1) is 6.92 Å². The normalized spacial score (nSPS) is 18.4. The third-order valence-electron chi connectivity index (χ3n) is 3.31. The van der Waals surface area contributed by atoms with Gasteiger partial charge in [0, 0.05) is 40.5 Å². The van der Waals surface area contributed by atoms with Crippen molar-refractivity contribution in [3.8, 4) is 0 Å². The quantitative estimate of drug-likeness (QED) is 0.824. The number of hydrogen-bond donors (Lipinski definition) is 1. The average Bonchev–Trinajstić information content (AvgIpc) is 2.96. The zero-order valence-electron chi connectivity index (χ0n) is 11.9. The van der Waals surface area contributed by atoms with E-state index in [4.69, 9.17) is 4.52 Å². The van der Waals surface area contributed by atoms with E-state index in [1.165, 1.54) is 4.90 Å². The molecule has 0 aromatic carbocycles. The molecule has 20 heavy (non-hydrogen) atoms. The molecule has 1 aromatic rings. The molecule has 1 atom stereocenters. The lowest BCUT2D eigenvalue weighted by atomic mass is 10.2. The van der Waals surface area contributed by atoms with E-state index in [1.807, 2.05) is 0 Å². The van der Waals surface area contributed by atoms with E-state index < -0.39 is 6.04 Å². The summed E-state index contributed by atoms with van der Waals surface area (Å²) in [5, 5.41) is 6.50. The molecule has 1 aromatic heterocycles. The van der Waals surface area contributed by atoms with Crippen LogP contribution in [0.3, 0.4) is 0 Å². The number of rotatable bonds is 4. The second kappa shape index (κ2) is 5.89. The molecule has 0 spiro atoms. The van der Waals surface area contributed by atoms with Gasteiger partial charge < -0.3 is 19.6 Å². The first-order valence-electron chi connectivity index (χ1n) is 6.53. The minimum absolute atomic E-state index is 0.0412. The van der Waals surface area contributed by atoms with Gasteiger partial charge in [-0.1, -0.05) is 5.16 Å². The Labute approximate surface area is 117 Å². The van der Waals surface area contributed by atoms with E-state index in [9.17, 15) is 9.59 Å². The summed E-state index contributed by atoms with van der Waals surface area (Å²) in [6, 6.07) is -0.679. The van der Waals surface area contributed by atoms with E-state index >= 15 is 0 Å². The van der Waals surface area contributed by atoms with Crippen LogP contribution in [0.4, 0.5) is 4.79 Å². The Morgan fingerprint density at radius 1 is 1.60 bits per heavy atom. The van der Waals surface area contributed by atoms with Crippen LogP contribution in [-0.2, 0) is 11.2 Å². The van der Waals surface area contributed by atoms with Gasteiger partial charge in [-0.2, -0.15) is 4.98 Å². The molecule has 1 aliphatic heterocycles. The van der Waals surface area contributed by atoms with Crippen molar-refractivity contribution in [1.29, 1.82) is 0 Å². The molecule has 1 N–H and O–H groups in total. The van der Waals surface area contributed by atoms with Crippen LogP contribution < -0.4 is 5.32 Å². The first-order chi connectivity index (χ1) is 9.47. The number of carbonyl (C=O) groups excluding carboxylic acids is 2. The zero-order chi connectivity index (χ0) is 14.7. The van der Waals surface area contributed by atoms with E-state index in [0.29, 0.717) is 37.6 Å². The number of aryl methyl sites for hydroxylation is 1. The SMILES string of the molecule is Cc1nc(CCN(C)C(=O)NC2CCN(C)C2=O)no1. The van der Waals surface area contributed by atoms with Gasteiger partial charge in [0.2, 0.25) is 11.8 Å². The molecule has 0 aliphatic carbocycles. The lowest BCUT2D eigenvalue weighted by Crippen LogP contribution is -2.46. The van der Waals surface area contributed by atoms with Crippen LogP contribution in [0.2, 0.25) is 0 Å². The topological polar surface area (TPSA) is 91.6 Å². The predicted molar refractivity (Wildman–Crippen MR) is 69.9 cm³/mol. The lowest BCUT2D eigenvalue weighted by Gasteiger charge is -2.19. The largest absolute Gasteiger partial charge is 0.344 e. The molecule has 8 nitrogen and oxygen atoms in total. The van der Waals surface area contributed by atoms with Gasteiger partial charge in [0.25, 0.3) is 0 Å². The molecule has 0 radical (unpaired) electrons. The maximum atomic E-state index is 12.0. The van der Waals surface area contributed by atoms with Gasteiger partial charge in [-0.05, 0) is 6.42 Å². The summed E-state index contributed by atoms with van der Waals surface area (Å²) in [6.07, 6.45) is 1.17. The van der Waals surface area contributed by atoms with Gasteiger partial charge in [-0.25, -0.2) is 4.79 Å². The van der Waals surface area contributed by atoms with Crippen LogP contribution in [0.5, 0.6) is 0 Å². The lowest BCUT2D eigenvalue weighted by molar-refractivity contribution is -0.128. The molecule has 110 valence electrons. The standard InChI is InChI=1S/C12H19N5O3/c1-8-13-10(15-20-8)5-7-17(3)12(19)14-9-4-6-16(2)11(9)18/h9H,4-7H2,1-3H3,(H,14,19). The van der Waals surface area contributed by atoms with Crippen LogP contribution >= 0.6 is 0 Å². The van der Waals surface area contributed by atoms with Crippen molar-refractivity contribution in [1.82, 2.24) is 25.3 Å². The Bertz CT molecular complexity index is 501. The minimum atomic E-state index is -0.414. The molecule has 2 rings (SSSR count). The Morgan fingerprint density at radius 2 is 2.35 bits per heavy atom. The number of nitrogens with one attached hydrogen (secondary N) is 1. The van der Waals surface area contributed by atoms with Crippen molar-refractivity contribution < 1.29 is 14.1 Å². The Morgan fingerprint density at radius 3 is 2.90 bits per heavy atom. The molecule has 1 unspecified atom stereocenters. The highest BCUT2D eigenvalue weighted by Gasteiger charge is 2.30. The molecule has 2 heterocycles. The fourth-order valence-electron chi connectivity index (χ4n) is 2.03. The summed E-state index contributed by atoms with van der Waals surface area (Å²) in [7, 11) is 3.40. The van der Waals surface area contributed by atoms with Crippen molar-refractivity contribution in [2.45, 2.75) is 25.8 Å². The summed E-state index contributed by atoms with van der Waals surface area (Å²) < 4.78 is 4.86. The first kappa shape index (κ1) is 14.3. The van der Waals surface area contributed by atoms with Crippen molar-refractivity contribution in [2.24, 2.45) is 0 Å².